The van der Waals surface area contributed by atoms with Gasteiger partial charge in [0.2, 0.25) is 0 Å². The van der Waals surface area contributed by atoms with Crippen molar-refractivity contribution in [2.75, 3.05) is 0 Å². The number of rotatable bonds is 2. The van der Waals surface area contributed by atoms with E-state index in [0.29, 0.717) is 0 Å². The molecule has 0 atom stereocenters. The molecule has 3 aromatic carbocycles. The molecule has 0 amide bonds. The number of aromatic nitrogens is 2. The zero-order valence-electron chi connectivity index (χ0n) is 17.3. The fourth-order valence-corrected chi connectivity index (χ4v) is 3.91. The van der Waals surface area contributed by atoms with Gasteiger partial charge in [0.25, 0.3) is 0 Å². The summed E-state index contributed by atoms with van der Waals surface area (Å²) in [5, 5.41) is 0. The molecule has 2 aromatic heterocycles. The smallest absolute Gasteiger partial charge is 0.0160 e. The standard InChI is InChI=1S/C18H12N.C11H8N.Ir/c1-2-7-14-13(6-1)12-17-15(14)8-5-9-16(17)18-10-3-4-11-19-18;1-2-6-10(7-3-1)11-8-4-5-9-12-11;/h1-8,10-11H,12H2;1-6,8-9H;/q2*-1;. The average molecular weight is 589 g/mol. The maximum Gasteiger partial charge on any atom is 0.0160 e. The van der Waals surface area contributed by atoms with E-state index >= 15 is 0 Å². The van der Waals surface area contributed by atoms with Crippen LogP contribution in [0.25, 0.3) is 33.6 Å². The quantitative estimate of drug-likeness (QED) is 0.211. The van der Waals surface area contributed by atoms with Gasteiger partial charge in [0.1, 0.15) is 0 Å². The molecule has 0 N–H and O–H groups in total. The summed E-state index contributed by atoms with van der Waals surface area (Å²) in [5.74, 6) is 0. The van der Waals surface area contributed by atoms with Gasteiger partial charge in [-0.3, -0.25) is 0 Å². The van der Waals surface area contributed by atoms with Crippen molar-refractivity contribution in [3.63, 3.8) is 0 Å². The molecule has 32 heavy (non-hydrogen) atoms. The number of benzene rings is 3. The molecule has 0 aliphatic heterocycles. The van der Waals surface area contributed by atoms with E-state index in [1.165, 1.54) is 22.3 Å². The van der Waals surface area contributed by atoms with Crippen LogP contribution in [0.3, 0.4) is 0 Å². The molecule has 0 fully saturated rings. The summed E-state index contributed by atoms with van der Waals surface area (Å²) in [6.45, 7) is 0. The maximum absolute atomic E-state index is 4.46. The molecule has 3 heteroatoms. The van der Waals surface area contributed by atoms with E-state index in [1.807, 2.05) is 66.9 Å². The molecule has 1 aliphatic carbocycles. The molecule has 2 nitrogen and oxygen atoms in total. The van der Waals surface area contributed by atoms with Crippen LogP contribution in [0.15, 0.2) is 109 Å². The number of pyridine rings is 2. The molecule has 157 valence electrons. The molecule has 5 aromatic rings. The van der Waals surface area contributed by atoms with Gasteiger partial charge in [0.05, 0.1) is 0 Å². The van der Waals surface area contributed by atoms with Crippen molar-refractivity contribution in [3.05, 3.63) is 133 Å². The third kappa shape index (κ3) is 4.60. The molecule has 0 unspecified atom stereocenters. The second kappa shape index (κ2) is 10.3. The van der Waals surface area contributed by atoms with Crippen LogP contribution in [0.5, 0.6) is 0 Å². The van der Waals surface area contributed by atoms with Crippen molar-refractivity contribution in [1.82, 2.24) is 9.97 Å². The van der Waals surface area contributed by atoms with E-state index in [0.717, 1.165) is 28.9 Å². The Morgan fingerprint density at radius 3 is 2.03 bits per heavy atom. The van der Waals surface area contributed by atoms with Gasteiger partial charge in [0, 0.05) is 32.5 Å². The molecule has 0 bridgehead atoms. The van der Waals surface area contributed by atoms with E-state index in [4.69, 9.17) is 0 Å². The van der Waals surface area contributed by atoms with E-state index < -0.39 is 0 Å². The molecule has 0 saturated carbocycles. The fourth-order valence-electron chi connectivity index (χ4n) is 3.91. The predicted molar refractivity (Wildman–Crippen MR) is 125 cm³/mol. The first-order valence-corrected chi connectivity index (χ1v) is 10.3. The van der Waals surface area contributed by atoms with Crippen LogP contribution in [-0.4, -0.2) is 9.97 Å². The zero-order chi connectivity index (χ0) is 20.9. The minimum Gasteiger partial charge on any atom is -0.305 e. The van der Waals surface area contributed by atoms with Crippen LogP contribution in [0, 0.1) is 12.1 Å². The first kappa shape index (κ1) is 21.8. The summed E-state index contributed by atoms with van der Waals surface area (Å²) < 4.78 is 0. The van der Waals surface area contributed by atoms with Crippen molar-refractivity contribution in [1.29, 1.82) is 0 Å². The number of nitrogens with zero attached hydrogens (tertiary/aromatic N) is 2. The molecule has 2 heterocycles. The van der Waals surface area contributed by atoms with Gasteiger partial charge in [-0.15, -0.1) is 65.2 Å². The van der Waals surface area contributed by atoms with Crippen molar-refractivity contribution >= 4 is 0 Å². The Kier molecular flexibility index (Phi) is 7.01. The largest absolute Gasteiger partial charge is 0.305 e. The number of fused-ring (bicyclic) bond motifs is 3. The summed E-state index contributed by atoms with van der Waals surface area (Å²) in [7, 11) is 0. The molecule has 6 rings (SSSR count). The third-order valence-electron chi connectivity index (χ3n) is 5.35. The minimum atomic E-state index is 0. The second-order valence-electron chi connectivity index (χ2n) is 7.29. The average Bonchev–Trinajstić information content (AvgIpc) is 3.25. The summed E-state index contributed by atoms with van der Waals surface area (Å²) in [6.07, 6.45) is 4.61. The summed E-state index contributed by atoms with van der Waals surface area (Å²) in [5.41, 5.74) is 9.58. The molecular weight excluding hydrogens is 569 g/mol. The monoisotopic (exact) mass is 589 g/mol. The van der Waals surface area contributed by atoms with Crippen LogP contribution >= 0.6 is 0 Å². The minimum absolute atomic E-state index is 0. The SMILES string of the molecule is [Ir].[c-]1ccc2c(c1-c1ccccn1)Cc1ccccc1-2.[c-]1ccccc1-c1ccccn1. The summed E-state index contributed by atoms with van der Waals surface area (Å²) in [6, 6.07) is 39.0. The van der Waals surface area contributed by atoms with Gasteiger partial charge in [-0.25, -0.2) is 0 Å². The Hall–Kier alpha value is -3.39. The van der Waals surface area contributed by atoms with Gasteiger partial charge in [-0.05, 0) is 41.1 Å². The van der Waals surface area contributed by atoms with Crippen LogP contribution in [0.4, 0.5) is 0 Å². The Bertz CT molecular complexity index is 1250. The van der Waals surface area contributed by atoms with Crippen LogP contribution in [-0.2, 0) is 26.5 Å². The molecule has 1 radical (unpaired) electrons. The zero-order valence-corrected chi connectivity index (χ0v) is 19.7. The van der Waals surface area contributed by atoms with Gasteiger partial charge >= 0.3 is 0 Å². The summed E-state index contributed by atoms with van der Waals surface area (Å²) >= 11 is 0. The predicted octanol–water partition coefficient (Wildman–Crippen LogP) is 6.67. The van der Waals surface area contributed by atoms with E-state index in [1.54, 1.807) is 6.20 Å². The summed E-state index contributed by atoms with van der Waals surface area (Å²) in [4.78, 5) is 8.68. The van der Waals surface area contributed by atoms with E-state index in [2.05, 4.69) is 58.5 Å². The molecule has 0 spiro atoms. The van der Waals surface area contributed by atoms with Gasteiger partial charge in [0.15, 0.2) is 0 Å². The molecular formula is C29H20IrN2-2. The van der Waals surface area contributed by atoms with Crippen molar-refractivity contribution in [2.45, 2.75) is 6.42 Å². The van der Waals surface area contributed by atoms with E-state index in [-0.39, 0.29) is 20.1 Å². The normalized spacial score (nSPS) is 10.8. The maximum atomic E-state index is 4.46. The first-order valence-electron chi connectivity index (χ1n) is 10.3. The molecule has 1 aliphatic rings. The van der Waals surface area contributed by atoms with Crippen LogP contribution < -0.4 is 0 Å². The Morgan fingerprint density at radius 1 is 0.594 bits per heavy atom. The Morgan fingerprint density at radius 2 is 1.31 bits per heavy atom. The third-order valence-corrected chi connectivity index (χ3v) is 5.35. The van der Waals surface area contributed by atoms with Gasteiger partial charge in [-0.1, -0.05) is 54.1 Å². The van der Waals surface area contributed by atoms with Gasteiger partial charge in [-0.2, -0.15) is 0 Å². The number of hydrogen-bond acceptors (Lipinski definition) is 2. The number of hydrogen-bond donors (Lipinski definition) is 0. The van der Waals surface area contributed by atoms with Gasteiger partial charge < -0.3 is 9.97 Å². The first-order chi connectivity index (χ1) is 15.4. The van der Waals surface area contributed by atoms with E-state index in [9.17, 15) is 0 Å². The second-order valence-corrected chi connectivity index (χ2v) is 7.29. The van der Waals surface area contributed by atoms with Crippen LogP contribution in [0.2, 0.25) is 0 Å². The van der Waals surface area contributed by atoms with Crippen LogP contribution in [0.1, 0.15) is 11.1 Å². The molecule has 0 saturated heterocycles. The Labute approximate surface area is 202 Å². The van der Waals surface area contributed by atoms with Crippen molar-refractivity contribution < 1.29 is 20.1 Å². The Balaban J connectivity index is 0.000000164. The van der Waals surface area contributed by atoms with Crippen molar-refractivity contribution in [3.8, 4) is 33.6 Å². The fraction of sp³-hybridized carbons (Fsp3) is 0.0345. The van der Waals surface area contributed by atoms with Crippen molar-refractivity contribution in [2.24, 2.45) is 0 Å². The topological polar surface area (TPSA) is 25.8 Å².